The van der Waals surface area contributed by atoms with Crippen LogP contribution in [-0.4, -0.2) is 17.0 Å². The Hall–Kier alpha value is -1.55. The zero-order valence-electron chi connectivity index (χ0n) is 9.61. The van der Waals surface area contributed by atoms with Gasteiger partial charge in [0.1, 0.15) is 0 Å². The first-order valence-electron chi connectivity index (χ1n) is 5.21. The van der Waals surface area contributed by atoms with Gasteiger partial charge in [-0.25, -0.2) is 0 Å². The molecular weight excluding hydrogens is 242 g/mol. The van der Waals surface area contributed by atoms with Crippen molar-refractivity contribution in [1.29, 1.82) is 0 Å². The van der Waals surface area contributed by atoms with Crippen LogP contribution in [0.15, 0.2) is 24.3 Å². The highest BCUT2D eigenvalue weighted by Crippen LogP contribution is 2.18. The molecular formula is C12H14ClNO3. The van der Waals surface area contributed by atoms with Gasteiger partial charge in [-0.05, 0) is 18.2 Å². The van der Waals surface area contributed by atoms with E-state index in [0.29, 0.717) is 10.7 Å². The third-order valence-electron chi connectivity index (χ3n) is 2.65. The molecule has 1 amide bonds. The fourth-order valence-electron chi connectivity index (χ4n) is 1.26. The third kappa shape index (κ3) is 3.75. The van der Waals surface area contributed by atoms with Crippen LogP contribution in [0.2, 0.25) is 5.02 Å². The molecule has 0 saturated heterocycles. The van der Waals surface area contributed by atoms with Crippen molar-refractivity contribution < 1.29 is 14.7 Å². The number of carbonyl (C=O) groups is 2. The highest BCUT2D eigenvalue weighted by molar-refractivity contribution is 6.30. The molecule has 0 aliphatic rings. The van der Waals surface area contributed by atoms with Crippen molar-refractivity contribution in [2.24, 2.45) is 11.8 Å². The second-order valence-corrected chi connectivity index (χ2v) is 4.35. The molecule has 0 radical (unpaired) electrons. The Kier molecular flexibility index (Phi) is 4.52. The molecule has 5 heteroatoms. The monoisotopic (exact) mass is 255 g/mol. The quantitative estimate of drug-likeness (QED) is 0.869. The third-order valence-corrected chi connectivity index (χ3v) is 2.88. The molecule has 1 rings (SSSR count). The number of benzene rings is 1. The molecule has 1 aromatic carbocycles. The smallest absolute Gasteiger partial charge is 0.307 e. The number of hydrogen-bond acceptors (Lipinski definition) is 2. The Bertz CT molecular complexity index is 434. The van der Waals surface area contributed by atoms with Gasteiger partial charge in [-0.2, -0.15) is 0 Å². The fraction of sp³-hybridized carbons (Fsp3) is 0.333. The summed E-state index contributed by atoms with van der Waals surface area (Å²) in [5.74, 6) is -2.65. The van der Waals surface area contributed by atoms with Crippen LogP contribution in [0.1, 0.15) is 13.8 Å². The summed E-state index contributed by atoms with van der Waals surface area (Å²) < 4.78 is 0. The van der Waals surface area contributed by atoms with Gasteiger partial charge in [-0.3, -0.25) is 9.59 Å². The van der Waals surface area contributed by atoms with Gasteiger partial charge in [0.15, 0.2) is 0 Å². The standard InChI is InChI=1S/C12H14ClNO3/c1-7(8(2)12(16)17)11(15)14-10-5-3-4-9(13)6-10/h3-8H,1-2H3,(H,14,15)(H,16,17). The van der Waals surface area contributed by atoms with Crippen LogP contribution in [0.5, 0.6) is 0 Å². The van der Waals surface area contributed by atoms with E-state index in [2.05, 4.69) is 5.32 Å². The maximum atomic E-state index is 11.8. The number of anilines is 1. The van der Waals surface area contributed by atoms with Crippen LogP contribution in [-0.2, 0) is 9.59 Å². The number of aliphatic carboxylic acids is 1. The van der Waals surface area contributed by atoms with Crippen molar-refractivity contribution in [3.8, 4) is 0 Å². The van der Waals surface area contributed by atoms with Gasteiger partial charge in [0, 0.05) is 16.6 Å². The molecule has 0 aliphatic carbocycles. The van der Waals surface area contributed by atoms with E-state index in [1.54, 1.807) is 31.2 Å². The average molecular weight is 256 g/mol. The van der Waals surface area contributed by atoms with E-state index in [1.807, 2.05) is 0 Å². The van der Waals surface area contributed by atoms with Crippen molar-refractivity contribution in [3.05, 3.63) is 29.3 Å². The zero-order chi connectivity index (χ0) is 13.0. The summed E-state index contributed by atoms with van der Waals surface area (Å²) in [6.07, 6.45) is 0. The van der Waals surface area contributed by atoms with Crippen molar-refractivity contribution in [3.63, 3.8) is 0 Å². The molecule has 0 aliphatic heterocycles. The van der Waals surface area contributed by atoms with Gasteiger partial charge in [-0.15, -0.1) is 0 Å². The predicted octanol–water partition coefficient (Wildman–Crippen LogP) is 2.64. The van der Waals surface area contributed by atoms with Crippen molar-refractivity contribution in [2.75, 3.05) is 5.32 Å². The molecule has 2 atom stereocenters. The number of rotatable bonds is 4. The van der Waals surface area contributed by atoms with Crippen LogP contribution in [0.3, 0.4) is 0 Å². The minimum Gasteiger partial charge on any atom is -0.481 e. The Balaban J connectivity index is 2.69. The van der Waals surface area contributed by atoms with Crippen LogP contribution < -0.4 is 5.32 Å². The number of carboxylic acid groups (broad SMARTS) is 1. The number of carboxylic acids is 1. The number of amides is 1. The van der Waals surface area contributed by atoms with Crippen LogP contribution >= 0.6 is 11.6 Å². The second-order valence-electron chi connectivity index (χ2n) is 3.92. The molecule has 17 heavy (non-hydrogen) atoms. The van der Waals surface area contributed by atoms with Crippen LogP contribution in [0.25, 0.3) is 0 Å². The molecule has 4 nitrogen and oxygen atoms in total. The normalized spacial score (nSPS) is 13.8. The first-order valence-corrected chi connectivity index (χ1v) is 5.59. The highest BCUT2D eigenvalue weighted by Gasteiger charge is 2.25. The lowest BCUT2D eigenvalue weighted by Crippen LogP contribution is -2.29. The van der Waals surface area contributed by atoms with Crippen LogP contribution in [0, 0.1) is 11.8 Å². The van der Waals surface area contributed by atoms with Gasteiger partial charge >= 0.3 is 5.97 Å². The molecule has 1 aromatic rings. The van der Waals surface area contributed by atoms with Crippen LogP contribution in [0.4, 0.5) is 5.69 Å². The topological polar surface area (TPSA) is 66.4 Å². The number of nitrogens with one attached hydrogen (secondary N) is 1. The lowest BCUT2D eigenvalue weighted by molar-refractivity contribution is -0.145. The molecule has 92 valence electrons. The van der Waals surface area contributed by atoms with E-state index < -0.39 is 17.8 Å². The van der Waals surface area contributed by atoms with E-state index in [0.717, 1.165) is 0 Å². The molecule has 0 fully saturated rings. The maximum absolute atomic E-state index is 11.8. The number of hydrogen-bond donors (Lipinski definition) is 2. The SMILES string of the molecule is CC(C(=O)O)C(C)C(=O)Nc1cccc(Cl)c1. The summed E-state index contributed by atoms with van der Waals surface area (Å²) in [4.78, 5) is 22.5. The van der Waals surface area contributed by atoms with Gasteiger partial charge < -0.3 is 10.4 Å². The largest absolute Gasteiger partial charge is 0.481 e. The van der Waals surface area contributed by atoms with Gasteiger partial charge in [-0.1, -0.05) is 31.5 Å². The molecule has 0 heterocycles. The molecule has 0 aromatic heterocycles. The first-order chi connectivity index (χ1) is 7.91. The number of halogens is 1. The molecule has 2 unspecified atom stereocenters. The summed E-state index contributed by atoms with van der Waals surface area (Å²) in [6, 6.07) is 6.71. The minimum atomic E-state index is -0.987. The second kappa shape index (κ2) is 5.68. The summed E-state index contributed by atoms with van der Waals surface area (Å²) >= 11 is 5.78. The van der Waals surface area contributed by atoms with Gasteiger partial charge in [0.25, 0.3) is 0 Å². The average Bonchev–Trinajstić information content (AvgIpc) is 2.26. The number of carbonyl (C=O) groups excluding carboxylic acids is 1. The molecule has 2 N–H and O–H groups in total. The fourth-order valence-corrected chi connectivity index (χ4v) is 1.45. The lowest BCUT2D eigenvalue weighted by Gasteiger charge is -2.15. The predicted molar refractivity (Wildman–Crippen MR) is 66.0 cm³/mol. The molecule has 0 spiro atoms. The summed E-state index contributed by atoms with van der Waals surface area (Å²) in [5, 5.41) is 12.0. The Morgan fingerprint density at radius 2 is 1.94 bits per heavy atom. The molecule has 0 saturated carbocycles. The summed E-state index contributed by atoms with van der Waals surface area (Å²) in [5.41, 5.74) is 0.562. The van der Waals surface area contributed by atoms with Crippen molar-refractivity contribution in [1.82, 2.24) is 0 Å². The Labute approximate surface area is 105 Å². The van der Waals surface area contributed by atoms with E-state index in [-0.39, 0.29) is 5.91 Å². The van der Waals surface area contributed by atoms with Gasteiger partial charge in [0.05, 0.1) is 5.92 Å². The Morgan fingerprint density at radius 3 is 2.47 bits per heavy atom. The van der Waals surface area contributed by atoms with E-state index in [9.17, 15) is 9.59 Å². The van der Waals surface area contributed by atoms with Crippen molar-refractivity contribution >= 4 is 29.2 Å². The van der Waals surface area contributed by atoms with E-state index in [1.165, 1.54) is 6.92 Å². The maximum Gasteiger partial charge on any atom is 0.307 e. The van der Waals surface area contributed by atoms with E-state index >= 15 is 0 Å². The summed E-state index contributed by atoms with van der Waals surface area (Å²) in [7, 11) is 0. The lowest BCUT2D eigenvalue weighted by atomic mass is 9.95. The van der Waals surface area contributed by atoms with Crippen molar-refractivity contribution in [2.45, 2.75) is 13.8 Å². The zero-order valence-corrected chi connectivity index (χ0v) is 10.4. The van der Waals surface area contributed by atoms with Gasteiger partial charge in [0.2, 0.25) is 5.91 Å². The highest BCUT2D eigenvalue weighted by atomic mass is 35.5. The molecule has 0 bridgehead atoms. The summed E-state index contributed by atoms with van der Waals surface area (Å²) in [6.45, 7) is 3.09. The first kappa shape index (κ1) is 13.5. The Morgan fingerprint density at radius 1 is 1.29 bits per heavy atom. The minimum absolute atomic E-state index is 0.331. The van der Waals surface area contributed by atoms with E-state index in [4.69, 9.17) is 16.7 Å².